The van der Waals surface area contributed by atoms with Gasteiger partial charge in [0.05, 0.1) is 21.5 Å². The van der Waals surface area contributed by atoms with Crippen molar-refractivity contribution >= 4 is 33.2 Å². The second-order valence-corrected chi connectivity index (χ2v) is 8.10. The number of nitrogens with zero attached hydrogens (tertiary/aromatic N) is 4. The molecule has 2 aliphatic heterocycles. The lowest BCUT2D eigenvalue weighted by molar-refractivity contribution is -0.279. The maximum Gasteiger partial charge on any atom is 0.284 e. The molecular formula is C21H14ClN4O2S-. The number of benzene rings is 2. The van der Waals surface area contributed by atoms with Crippen LogP contribution >= 0.6 is 22.9 Å². The summed E-state index contributed by atoms with van der Waals surface area (Å²) >= 11 is 7.64. The molecule has 2 aromatic carbocycles. The molecule has 144 valence electrons. The molecule has 0 amide bonds. The Hall–Kier alpha value is -3.16. The molecule has 0 N–H and O–H groups in total. The van der Waals surface area contributed by atoms with E-state index >= 15 is 0 Å². The number of hydrogen-bond donors (Lipinski definition) is 0. The first-order chi connectivity index (χ1) is 14.0. The molecule has 3 aromatic rings. The topological polar surface area (TPSA) is 75.8 Å². The van der Waals surface area contributed by atoms with Crippen LogP contribution in [0.3, 0.4) is 0 Å². The van der Waals surface area contributed by atoms with Crippen LogP contribution in [0.5, 0.6) is 5.88 Å². The number of hydrogen-bond acceptors (Lipinski definition) is 5. The van der Waals surface area contributed by atoms with Crippen LogP contribution in [0.2, 0.25) is 5.02 Å². The molecule has 0 unspecified atom stereocenters. The monoisotopic (exact) mass is 421 g/mol. The van der Waals surface area contributed by atoms with Gasteiger partial charge in [-0.05, 0) is 42.6 Å². The van der Waals surface area contributed by atoms with E-state index < -0.39 is 0 Å². The highest BCUT2D eigenvalue weighted by Gasteiger charge is 2.22. The van der Waals surface area contributed by atoms with E-state index in [-0.39, 0.29) is 18.0 Å². The summed E-state index contributed by atoms with van der Waals surface area (Å²) in [6.07, 6.45) is 0. The zero-order chi connectivity index (χ0) is 20.1. The molecule has 29 heavy (non-hydrogen) atoms. The van der Waals surface area contributed by atoms with Gasteiger partial charge in [-0.3, -0.25) is 4.79 Å². The van der Waals surface area contributed by atoms with Gasteiger partial charge in [0.25, 0.3) is 5.56 Å². The average molecular weight is 422 g/mol. The maximum atomic E-state index is 13.1. The van der Waals surface area contributed by atoms with Gasteiger partial charge in [-0.2, -0.15) is 9.78 Å². The van der Waals surface area contributed by atoms with Crippen LogP contribution in [0.25, 0.3) is 26.6 Å². The smallest absolute Gasteiger partial charge is 0.284 e. The maximum absolute atomic E-state index is 13.1. The standard InChI is InChI=1S/C21H15ClN4O2S/c1-12-19-16(10-18(27)25(12)11-13-6-2-3-7-14(13)22)24-26(20(19)28)21-23-15-8-4-5-9-17(15)29-21/h2-10,27H,11H2,1H3/p-1. The van der Waals surface area contributed by atoms with Crippen molar-refractivity contribution in [2.24, 2.45) is 0 Å². The van der Waals surface area contributed by atoms with Gasteiger partial charge in [0, 0.05) is 17.3 Å². The summed E-state index contributed by atoms with van der Waals surface area (Å²) in [6.45, 7) is 2.04. The minimum atomic E-state index is -0.288. The highest BCUT2D eigenvalue weighted by Crippen LogP contribution is 2.29. The van der Waals surface area contributed by atoms with Crippen LogP contribution in [0.1, 0.15) is 11.3 Å². The SMILES string of the molecule is Cc1c2c(=O)n(-c3nc4ccccc4s3)nc-2cc([O-])n1Cc1ccccc1Cl. The van der Waals surface area contributed by atoms with Crippen molar-refractivity contribution in [3.05, 3.63) is 81.2 Å². The van der Waals surface area contributed by atoms with Gasteiger partial charge in [-0.15, -0.1) is 0 Å². The quantitative estimate of drug-likeness (QED) is 0.443. The number of pyridine rings is 1. The molecule has 0 radical (unpaired) electrons. The number of para-hydroxylation sites is 1. The van der Waals surface area contributed by atoms with E-state index in [0.717, 1.165) is 15.8 Å². The Labute approximate surface area is 174 Å². The van der Waals surface area contributed by atoms with Gasteiger partial charge in [0.15, 0.2) is 0 Å². The summed E-state index contributed by atoms with van der Waals surface area (Å²) in [5, 5.41) is 18.2. The molecule has 6 nitrogen and oxygen atoms in total. The van der Waals surface area contributed by atoms with E-state index in [4.69, 9.17) is 11.6 Å². The largest absolute Gasteiger partial charge is 0.860 e. The summed E-state index contributed by atoms with van der Waals surface area (Å²) < 4.78 is 3.80. The Morgan fingerprint density at radius 2 is 1.90 bits per heavy atom. The van der Waals surface area contributed by atoms with Crippen LogP contribution in [0.15, 0.2) is 59.4 Å². The number of rotatable bonds is 3. The molecule has 0 spiro atoms. The Kier molecular flexibility index (Phi) is 4.15. The predicted molar refractivity (Wildman–Crippen MR) is 112 cm³/mol. The van der Waals surface area contributed by atoms with E-state index in [1.807, 2.05) is 42.5 Å². The summed E-state index contributed by atoms with van der Waals surface area (Å²) in [7, 11) is 0. The van der Waals surface area contributed by atoms with Crippen molar-refractivity contribution in [1.29, 1.82) is 0 Å². The lowest BCUT2D eigenvalue weighted by atomic mass is 10.1. The van der Waals surface area contributed by atoms with Crippen LogP contribution in [0, 0.1) is 6.92 Å². The zero-order valence-corrected chi connectivity index (χ0v) is 16.9. The van der Waals surface area contributed by atoms with E-state index in [1.165, 1.54) is 22.1 Å². The van der Waals surface area contributed by atoms with Crippen LogP contribution in [-0.2, 0) is 6.54 Å². The Balaban J connectivity index is 1.68. The molecule has 1 aromatic heterocycles. The van der Waals surface area contributed by atoms with Crippen molar-refractivity contribution in [2.45, 2.75) is 13.5 Å². The van der Waals surface area contributed by atoms with E-state index in [9.17, 15) is 9.90 Å². The van der Waals surface area contributed by atoms with Crippen LogP contribution in [-0.4, -0.2) is 19.3 Å². The lowest BCUT2D eigenvalue weighted by Crippen LogP contribution is -2.18. The first-order valence-corrected chi connectivity index (χ1v) is 10.1. The van der Waals surface area contributed by atoms with Crippen LogP contribution in [0.4, 0.5) is 0 Å². The third-order valence-electron chi connectivity index (χ3n) is 4.91. The van der Waals surface area contributed by atoms with Crippen molar-refractivity contribution < 1.29 is 5.11 Å². The Morgan fingerprint density at radius 3 is 2.69 bits per heavy atom. The van der Waals surface area contributed by atoms with Gasteiger partial charge >= 0.3 is 0 Å². The van der Waals surface area contributed by atoms with E-state index in [2.05, 4.69) is 10.1 Å². The molecule has 3 heterocycles. The predicted octanol–water partition coefficient (Wildman–Crippen LogP) is 3.83. The van der Waals surface area contributed by atoms with Gasteiger partial charge < -0.3 is 9.67 Å². The number of aromatic nitrogens is 4. The molecule has 0 bridgehead atoms. The van der Waals surface area contributed by atoms with E-state index in [0.29, 0.717) is 27.1 Å². The fourth-order valence-corrected chi connectivity index (χ4v) is 4.54. The Bertz CT molecular complexity index is 1370. The fourth-order valence-electron chi connectivity index (χ4n) is 3.43. The van der Waals surface area contributed by atoms with Gasteiger partial charge in [-0.1, -0.05) is 53.3 Å². The van der Waals surface area contributed by atoms with Gasteiger partial charge in [-0.25, -0.2) is 4.98 Å². The highest BCUT2D eigenvalue weighted by atomic mass is 35.5. The second kappa shape index (κ2) is 6.72. The summed E-state index contributed by atoms with van der Waals surface area (Å²) in [4.78, 5) is 17.6. The van der Waals surface area contributed by atoms with Crippen LogP contribution < -0.4 is 10.7 Å². The minimum absolute atomic E-state index is 0.233. The molecule has 0 aliphatic carbocycles. The summed E-state index contributed by atoms with van der Waals surface area (Å²) in [5.74, 6) is -0.233. The normalized spacial score (nSPS) is 11.5. The first-order valence-electron chi connectivity index (χ1n) is 8.92. The third-order valence-corrected chi connectivity index (χ3v) is 6.29. The van der Waals surface area contributed by atoms with Crippen molar-refractivity contribution in [1.82, 2.24) is 19.3 Å². The van der Waals surface area contributed by atoms with Crippen molar-refractivity contribution in [3.8, 4) is 22.3 Å². The fraction of sp³-hybridized carbons (Fsp3) is 0.0952. The third kappa shape index (κ3) is 2.90. The summed E-state index contributed by atoms with van der Waals surface area (Å²) in [6, 6.07) is 16.4. The lowest BCUT2D eigenvalue weighted by Gasteiger charge is -2.22. The molecule has 0 atom stereocenters. The molecule has 0 fully saturated rings. The average Bonchev–Trinajstić information content (AvgIpc) is 3.27. The van der Waals surface area contributed by atoms with Gasteiger partial charge in [0.2, 0.25) is 5.13 Å². The molecule has 8 heteroatoms. The summed E-state index contributed by atoms with van der Waals surface area (Å²) in [5.41, 5.74) is 2.67. The Morgan fingerprint density at radius 1 is 1.14 bits per heavy atom. The zero-order valence-electron chi connectivity index (χ0n) is 15.3. The number of halogens is 1. The highest BCUT2D eigenvalue weighted by molar-refractivity contribution is 7.20. The molecule has 0 saturated carbocycles. The number of thiazole rings is 1. The first kappa shape index (κ1) is 17.9. The van der Waals surface area contributed by atoms with Crippen molar-refractivity contribution in [2.75, 3.05) is 0 Å². The van der Waals surface area contributed by atoms with Gasteiger partial charge in [0.1, 0.15) is 0 Å². The van der Waals surface area contributed by atoms with Crippen molar-refractivity contribution in [3.63, 3.8) is 0 Å². The molecule has 5 rings (SSSR count). The second-order valence-electron chi connectivity index (χ2n) is 6.69. The minimum Gasteiger partial charge on any atom is -0.860 e. The molecule has 2 aliphatic rings. The van der Waals surface area contributed by atoms with E-state index in [1.54, 1.807) is 17.6 Å². The number of fused-ring (bicyclic) bond motifs is 2. The molecular weight excluding hydrogens is 408 g/mol. The molecule has 0 saturated heterocycles.